The van der Waals surface area contributed by atoms with Crippen molar-refractivity contribution in [1.82, 2.24) is 0 Å². The highest BCUT2D eigenvalue weighted by Gasteiger charge is 2.34. The van der Waals surface area contributed by atoms with E-state index in [1.165, 1.54) is 0 Å². The van der Waals surface area contributed by atoms with Gasteiger partial charge in [0.05, 0.1) is 13.2 Å². The first-order chi connectivity index (χ1) is 7.50. The number of halogens is 1. The predicted octanol–water partition coefficient (Wildman–Crippen LogP) is 2.93. The molecule has 5 nitrogen and oxygen atoms in total. The van der Waals surface area contributed by atoms with Crippen LogP contribution in [0.5, 0.6) is 0 Å². The Balaban J connectivity index is 4.32. The standard InChI is InChI=1S/C9H18BrO5P/c1-4-9(11)13-7-8(10)16(12,14-5-2)15-6-3/h8H,4-7H2,1-3H3. The fourth-order valence-electron chi connectivity index (χ4n) is 0.914. The second kappa shape index (κ2) is 8.23. The predicted molar refractivity (Wildman–Crippen MR) is 64.8 cm³/mol. The molecular formula is C9H18BrO5P. The fraction of sp³-hybridized carbons (Fsp3) is 0.889. The van der Waals surface area contributed by atoms with Crippen LogP contribution in [-0.2, 0) is 23.1 Å². The number of hydrogen-bond donors (Lipinski definition) is 0. The largest absolute Gasteiger partial charge is 0.464 e. The molecule has 96 valence electrons. The van der Waals surface area contributed by atoms with E-state index in [-0.39, 0.29) is 32.2 Å². The van der Waals surface area contributed by atoms with Gasteiger partial charge in [-0.2, -0.15) is 0 Å². The molecule has 0 aliphatic carbocycles. The van der Waals surface area contributed by atoms with Crippen molar-refractivity contribution < 1.29 is 23.1 Å². The zero-order valence-electron chi connectivity index (χ0n) is 9.77. The molecule has 1 unspecified atom stereocenters. The van der Waals surface area contributed by atoms with E-state index >= 15 is 0 Å². The van der Waals surface area contributed by atoms with E-state index in [0.717, 1.165) is 0 Å². The van der Waals surface area contributed by atoms with Gasteiger partial charge in [-0.25, -0.2) is 0 Å². The highest BCUT2D eigenvalue weighted by atomic mass is 79.9. The molecule has 0 aliphatic heterocycles. The molecule has 0 aromatic carbocycles. The highest BCUT2D eigenvalue weighted by Crippen LogP contribution is 2.55. The Morgan fingerprint density at radius 1 is 1.25 bits per heavy atom. The summed E-state index contributed by atoms with van der Waals surface area (Å²) in [5, 5.41) is 0. The summed E-state index contributed by atoms with van der Waals surface area (Å²) in [5.74, 6) is -0.344. The topological polar surface area (TPSA) is 61.8 Å². The Kier molecular flexibility index (Phi) is 8.28. The molecule has 0 spiro atoms. The van der Waals surface area contributed by atoms with Crippen LogP contribution in [0, 0.1) is 0 Å². The van der Waals surface area contributed by atoms with Crippen LogP contribution in [0.1, 0.15) is 27.2 Å². The summed E-state index contributed by atoms with van der Waals surface area (Å²) in [6, 6.07) is 0. The summed E-state index contributed by atoms with van der Waals surface area (Å²) < 4.78 is 26.6. The Hall–Kier alpha value is 0.100. The number of hydrogen-bond acceptors (Lipinski definition) is 5. The number of esters is 1. The van der Waals surface area contributed by atoms with E-state index in [1.54, 1.807) is 20.8 Å². The Bertz CT molecular complexity index is 248. The molecule has 7 heteroatoms. The average molecular weight is 317 g/mol. The lowest BCUT2D eigenvalue weighted by atomic mass is 10.5. The fourth-order valence-corrected chi connectivity index (χ4v) is 3.13. The van der Waals surface area contributed by atoms with Gasteiger partial charge in [0.25, 0.3) is 0 Å². The highest BCUT2D eigenvalue weighted by molar-refractivity contribution is 9.10. The lowest BCUT2D eigenvalue weighted by molar-refractivity contribution is -0.142. The van der Waals surface area contributed by atoms with Crippen molar-refractivity contribution in [2.24, 2.45) is 0 Å². The van der Waals surface area contributed by atoms with Crippen LogP contribution >= 0.6 is 23.5 Å². The monoisotopic (exact) mass is 316 g/mol. The molecular weight excluding hydrogens is 299 g/mol. The minimum atomic E-state index is -3.24. The molecule has 1 atom stereocenters. The summed E-state index contributed by atoms with van der Waals surface area (Å²) in [4.78, 5) is 10.9. The minimum Gasteiger partial charge on any atom is -0.464 e. The molecule has 16 heavy (non-hydrogen) atoms. The molecule has 0 saturated carbocycles. The zero-order valence-corrected chi connectivity index (χ0v) is 12.3. The molecule has 0 saturated heterocycles. The van der Waals surface area contributed by atoms with Gasteiger partial charge in [0.1, 0.15) is 6.61 Å². The quantitative estimate of drug-likeness (QED) is 0.391. The zero-order chi connectivity index (χ0) is 12.6. The second-order valence-electron chi connectivity index (χ2n) is 2.85. The van der Waals surface area contributed by atoms with Crippen LogP contribution in [0.25, 0.3) is 0 Å². The van der Waals surface area contributed by atoms with E-state index in [2.05, 4.69) is 15.9 Å². The van der Waals surface area contributed by atoms with Gasteiger partial charge in [0.15, 0.2) is 4.57 Å². The van der Waals surface area contributed by atoms with E-state index in [0.29, 0.717) is 0 Å². The summed E-state index contributed by atoms with van der Waals surface area (Å²) in [7, 11) is -3.24. The molecule has 0 aromatic rings. The smallest absolute Gasteiger partial charge is 0.347 e. The third-order valence-electron chi connectivity index (χ3n) is 1.63. The first-order valence-electron chi connectivity index (χ1n) is 5.18. The molecule has 0 amide bonds. The average Bonchev–Trinajstić information content (AvgIpc) is 2.25. The van der Waals surface area contributed by atoms with Crippen LogP contribution in [0.3, 0.4) is 0 Å². The molecule has 0 heterocycles. The maximum absolute atomic E-state index is 12.1. The van der Waals surface area contributed by atoms with Gasteiger partial charge >= 0.3 is 13.6 Å². The van der Waals surface area contributed by atoms with E-state index in [9.17, 15) is 9.36 Å². The Morgan fingerprint density at radius 2 is 1.75 bits per heavy atom. The molecule has 0 aliphatic rings. The van der Waals surface area contributed by atoms with Gasteiger partial charge in [-0.15, -0.1) is 0 Å². The van der Waals surface area contributed by atoms with E-state index in [1.807, 2.05) is 0 Å². The third-order valence-corrected chi connectivity index (χ3v) is 5.47. The van der Waals surface area contributed by atoms with Gasteiger partial charge in [-0.05, 0) is 13.8 Å². The third kappa shape index (κ3) is 5.43. The number of rotatable bonds is 8. The summed E-state index contributed by atoms with van der Waals surface area (Å²) in [5.41, 5.74) is 0. The normalized spacial score (nSPS) is 13.5. The van der Waals surface area contributed by atoms with Crippen molar-refractivity contribution in [3.05, 3.63) is 0 Å². The first kappa shape index (κ1) is 16.1. The minimum absolute atomic E-state index is 0.0239. The van der Waals surface area contributed by atoms with Gasteiger partial charge in [-0.3, -0.25) is 9.36 Å². The summed E-state index contributed by atoms with van der Waals surface area (Å²) in [6.07, 6.45) is 0.285. The van der Waals surface area contributed by atoms with Crippen molar-refractivity contribution in [1.29, 1.82) is 0 Å². The molecule has 0 bridgehead atoms. The van der Waals surface area contributed by atoms with Crippen molar-refractivity contribution in [2.75, 3.05) is 19.8 Å². The Morgan fingerprint density at radius 3 is 2.12 bits per heavy atom. The van der Waals surface area contributed by atoms with Gasteiger partial charge < -0.3 is 13.8 Å². The molecule has 0 radical (unpaired) electrons. The van der Waals surface area contributed by atoms with E-state index in [4.69, 9.17) is 13.8 Å². The first-order valence-corrected chi connectivity index (χ1v) is 7.71. The summed E-state index contributed by atoms with van der Waals surface area (Å²) in [6.45, 7) is 5.68. The van der Waals surface area contributed by atoms with Crippen LogP contribution in [0.2, 0.25) is 0 Å². The molecule has 0 rings (SSSR count). The van der Waals surface area contributed by atoms with E-state index < -0.39 is 12.2 Å². The number of ether oxygens (including phenoxy) is 1. The second-order valence-corrected chi connectivity index (χ2v) is 6.88. The van der Waals surface area contributed by atoms with Crippen molar-refractivity contribution in [3.8, 4) is 0 Å². The maximum atomic E-state index is 12.1. The molecule has 0 N–H and O–H groups in total. The number of carbonyl (C=O) groups is 1. The SMILES string of the molecule is CCOP(=O)(OCC)C(Br)COC(=O)CC. The number of carbonyl (C=O) groups excluding carboxylic acids is 1. The van der Waals surface area contributed by atoms with Crippen molar-refractivity contribution in [3.63, 3.8) is 0 Å². The van der Waals surface area contributed by atoms with Crippen LogP contribution in [-0.4, -0.2) is 30.4 Å². The van der Waals surface area contributed by atoms with Crippen LogP contribution in [0.4, 0.5) is 0 Å². The summed E-state index contributed by atoms with van der Waals surface area (Å²) >= 11 is 3.17. The lowest BCUT2D eigenvalue weighted by Crippen LogP contribution is -2.16. The maximum Gasteiger partial charge on any atom is 0.347 e. The van der Waals surface area contributed by atoms with Gasteiger partial charge in [0, 0.05) is 6.42 Å². The van der Waals surface area contributed by atoms with Crippen molar-refractivity contribution in [2.45, 2.75) is 31.8 Å². The van der Waals surface area contributed by atoms with Crippen LogP contribution in [0.15, 0.2) is 0 Å². The van der Waals surface area contributed by atoms with Crippen LogP contribution < -0.4 is 0 Å². The van der Waals surface area contributed by atoms with Crippen molar-refractivity contribution >= 4 is 29.5 Å². The Labute approximate surface area is 104 Å². The molecule has 0 fully saturated rings. The molecule has 0 aromatic heterocycles. The lowest BCUT2D eigenvalue weighted by Gasteiger charge is -2.21. The van der Waals surface area contributed by atoms with Gasteiger partial charge in [0.2, 0.25) is 0 Å². The van der Waals surface area contributed by atoms with Gasteiger partial charge in [-0.1, -0.05) is 22.9 Å². The number of alkyl halides is 1.